The number of nitrogens with one attached hydrogen (secondary N) is 1. The minimum Gasteiger partial charge on any atom is -0.381 e. The van der Waals surface area contributed by atoms with Crippen molar-refractivity contribution in [2.24, 2.45) is 5.92 Å². The number of benzene rings is 1. The summed E-state index contributed by atoms with van der Waals surface area (Å²) < 4.78 is 5.35. The Morgan fingerprint density at radius 1 is 1.50 bits per heavy atom. The van der Waals surface area contributed by atoms with Crippen LogP contribution in [0.1, 0.15) is 24.9 Å². The lowest BCUT2D eigenvalue weighted by atomic mass is 10.1. The zero-order chi connectivity index (χ0) is 11.4. The maximum atomic E-state index is 6.15. The molecule has 88 valence electrons. The van der Waals surface area contributed by atoms with E-state index in [2.05, 4.69) is 18.3 Å². The van der Waals surface area contributed by atoms with Crippen LogP contribution in [0.2, 0.25) is 5.02 Å². The van der Waals surface area contributed by atoms with Crippen molar-refractivity contribution in [3.63, 3.8) is 0 Å². The van der Waals surface area contributed by atoms with Gasteiger partial charge in [0.15, 0.2) is 0 Å². The van der Waals surface area contributed by atoms with Crippen molar-refractivity contribution >= 4 is 11.6 Å². The summed E-state index contributed by atoms with van der Waals surface area (Å²) in [6, 6.07) is 8.30. The fourth-order valence-electron chi connectivity index (χ4n) is 2.02. The summed E-state index contributed by atoms with van der Waals surface area (Å²) >= 11 is 6.15. The van der Waals surface area contributed by atoms with E-state index in [1.165, 1.54) is 12.0 Å². The molecule has 0 amide bonds. The molecule has 1 saturated heterocycles. The van der Waals surface area contributed by atoms with Gasteiger partial charge in [0.1, 0.15) is 0 Å². The Labute approximate surface area is 102 Å². The summed E-state index contributed by atoms with van der Waals surface area (Å²) in [4.78, 5) is 0. The molecule has 1 fully saturated rings. The minimum atomic E-state index is 0.300. The molecule has 1 N–H and O–H groups in total. The molecule has 1 aliphatic heterocycles. The first kappa shape index (κ1) is 11.9. The van der Waals surface area contributed by atoms with Crippen molar-refractivity contribution in [2.45, 2.75) is 19.4 Å². The molecule has 1 aromatic carbocycles. The van der Waals surface area contributed by atoms with Gasteiger partial charge in [0.25, 0.3) is 0 Å². The van der Waals surface area contributed by atoms with E-state index in [9.17, 15) is 0 Å². The molecule has 0 aliphatic carbocycles. The van der Waals surface area contributed by atoms with Gasteiger partial charge in [-0.25, -0.2) is 0 Å². The number of halogens is 1. The monoisotopic (exact) mass is 239 g/mol. The van der Waals surface area contributed by atoms with Crippen LogP contribution in [0, 0.1) is 5.92 Å². The standard InChI is InChI=1S/C13H18ClNO/c1-10(12-4-2-3-5-13(12)14)15-8-11-6-7-16-9-11/h2-5,10-11,15H,6-9H2,1H3. The highest BCUT2D eigenvalue weighted by atomic mass is 35.5. The highest BCUT2D eigenvalue weighted by Crippen LogP contribution is 2.22. The van der Waals surface area contributed by atoms with Gasteiger partial charge >= 0.3 is 0 Å². The van der Waals surface area contributed by atoms with Gasteiger partial charge in [0, 0.05) is 24.2 Å². The molecule has 1 aromatic rings. The lowest BCUT2D eigenvalue weighted by molar-refractivity contribution is 0.184. The molecule has 2 nitrogen and oxygen atoms in total. The van der Waals surface area contributed by atoms with Crippen LogP contribution in [0.4, 0.5) is 0 Å². The van der Waals surface area contributed by atoms with Crippen molar-refractivity contribution in [3.05, 3.63) is 34.9 Å². The average Bonchev–Trinajstić information content (AvgIpc) is 2.79. The van der Waals surface area contributed by atoms with Crippen LogP contribution in [0.25, 0.3) is 0 Å². The molecule has 1 heterocycles. The predicted octanol–water partition coefficient (Wildman–Crippen LogP) is 3.03. The summed E-state index contributed by atoms with van der Waals surface area (Å²) in [6.07, 6.45) is 1.17. The fourth-order valence-corrected chi connectivity index (χ4v) is 2.32. The number of rotatable bonds is 4. The van der Waals surface area contributed by atoms with Gasteiger partial charge in [-0.15, -0.1) is 0 Å². The second-order valence-electron chi connectivity index (χ2n) is 4.38. The van der Waals surface area contributed by atoms with Crippen molar-refractivity contribution < 1.29 is 4.74 Å². The number of ether oxygens (including phenoxy) is 1. The molecular weight excluding hydrogens is 222 g/mol. The molecular formula is C13H18ClNO. The lowest BCUT2D eigenvalue weighted by Crippen LogP contribution is -2.26. The first-order valence-corrected chi connectivity index (χ1v) is 6.20. The molecule has 2 atom stereocenters. The van der Waals surface area contributed by atoms with E-state index in [1.807, 2.05) is 18.2 Å². The summed E-state index contributed by atoms with van der Waals surface area (Å²) in [6.45, 7) is 4.96. The molecule has 2 unspecified atom stereocenters. The topological polar surface area (TPSA) is 21.3 Å². The van der Waals surface area contributed by atoms with Crippen LogP contribution in [-0.2, 0) is 4.74 Å². The van der Waals surface area contributed by atoms with Crippen LogP contribution in [0.15, 0.2) is 24.3 Å². The van der Waals surface area contributed by atoms with Crippen LogP contribution >= 0.6 is 11.6 Å². The molecule has 0 saturated carbocycles. The zero-order valence-electron chi connectivity index (χ0n) is 9.58. The maximum Gasteiger partial charge on any atom is 0.0507 e. The van der Waals surface area contributed by atoms with E-state index in [-0.39, 0.29) is 0 Å². The molecule has 0 radical (unpaired) electrons. The largest absolute Gasteiger partial charge is 0.381 e. The van der Waals surface area contributed by atoms with Crippen LogP contribution < -0.4 is 5.32 Å². The normalized spacial score (nSPS) is 22.2. The van der Waals surface area contributed by atoms with E-state index in [1.54, 1.807) is 0 Å². The first-order chi connectivity index (χ1) is 7.77. The third-order valence-electron chi connectivity index (χ3n) is 3.11. The van der Waals surface area contributed by atoms with Gasteiger partial charge in [0.2, 0.25) is 0 Å². The fraction of sp³-hybridized carbons (Fsp3) is 0.538. The molecule has 3 heteroatoms. The van der Waals surface area contributed by atoms with Gasteiger partial charge in [0.05, 0.1) is 6.61 Å². The van der Waals surface area contributed by atoms with E-state index >= 15 is 0 Å². The van der Waals surface area contributed by atoms with Crippen molar-refractivity contribution in [1.82, 2.24) is 5.32 Å². The van der Waals surface area contributed by atoms with Gasteiger partial charge in [-0.05, 0) is 30.9 Å². The molecule has 16 heavy (non-hydrogen) atoms. The van der Waals surface area contributed by atoms with Crippen LogP contribution in [-0.4, -0.2) is 19.8 Å². The average molecular weight is 240 g/mol. The van der Waals surface area contributed by atoms with Gasteiger partial charge < -0.3 is 10.1 Å². The van der Waals surface area contributed by atoms with E-state index in [0.29, 0.717) is 12.0 Å². The molecule has 0 aromatic heterocycles. The SMILES string of the molecule is CC(NCC1CCOC1)c1ccccc1Cl. The Balaban J connectivity index is 1.87. The molecule has 1 aliphatic rings. The number of hydrogen-bond donors (Lipinski definition) is 1. The maximum absolute atomic E-state index is 6.15. The predicted molar refractivity (Wildman–Crippen MR) is 66.8 cm³/mol. The number of hydrogen-bond acceptors (Lipinski definition) is 2. The first-order valence-electron chi connectivity index (χ1n) is 5.83. The van der Waals surface area contributed by atoms with Gasteiger partial charge in [-0.2, -0.15) is 0 Å². The summed E-state index contributed by atoms with van der Waals surface area (Å²) in [5.41, 5.74) is 1.17. The van der Waals surface area contributed by atoms with Crippen molar-refractivity contribution in [1.29, 1.82) is 0 Å². The van der Waals surface area contributed by atoms with Crippen molar-refractivity contribution in [3.8, 4) is 0 Å². The van der Waals surface area contributed by atoms with E-state index in [0.717, 1.165) is 24.8 Å². The highest BCUT2D eigenvalue weighted by Gasteiger charge is 2.17. The minimum absolute atomic E-state index is 0.300. The van der Waals surface area contributed by atoms with Crippen LogP contribution in [0.3, 0.4) is 0 Å². The zero-order valence-corrected chi connectivity index (χ0v) is 10.3. The second-order valence-corrected chi connectivity index (χ2v) is 4.79. The Hall–Kier alpha value is -0.570. The highest BCUT2D eigenvalue weighted by molar-refractivity contribution is 6.31. The summed E-state index contributed by atoms with van der Waals surface area (Å²) in [7, 11) is 0. The Morgan fingerprint density at radius 3 is 3.00 bits per heavy atom. The summed E-state index contributed by atoms with van der Waals surface area (Å²) in [5, 5.41) is 4.36. The molecule has 0 bridgehead atoms. The summed E-state index contributed by atoms with van der Waals surface area (Å²) in [5.74, 6) is 0.657. The molecule has 2 rings (SSSR count). The molecule has 0 spiro atoms. The Morgan fingerprint density at radius 2 is 2.31 bits per heavy atom. The lowest BCUT2D eigenvalue weighted by Gasteiger charge is -2.17. The van der Waals surface area contributed by atoms with Crippen LogP contribution in [0.5, 0.6) is 0 Å². The Kier molecular flexibility index (Phi) is 4.22. The van der Waals surface area contributed by atoms with E-state index < -0.39 is 0 Å². The second kappa shape index (κ2) is 5.67. The van der Waals surface area contributed by atoms with Crippen molar-refractivity contribution in [2.75, 3.05) is 19.8 Å². The van der Waals surface area contributed by atoms with E-state index in [4.69, 9.17) is 16.3 Å². The smallest absolute Gasteiger partial charge is 0.0507 e. The third-order valence-corrected chi connectivity index (χ3v) is 3.45. The quantitative estimate of drug-likeness (QED) is 0.872. The van der Waals surface area contributed by atoms with Gasteiger partial charge in [-0.3, -0.25) is 0 Å². The Bertz CT molecular complexity index is 336. The third kappa shape index (κ3) is 2.97. The van der Waals surface area contributed by atoms with Gasteiger partial charge in [-0.1, -0.05) is 29.8 Å².